The summed E-state index contributed by atoms with van der Waals surface area (Å²) in [5.74, 6) is -0.898. The number of hydrogen-bond donors (Lipinski definition) is 2. The Morgan fingerprint density at radius 2 is 1.61 bits per heavy atom. The van der Waals surface area contributed by atoms with Crippen molar-refractivity contribution in [3.05, 3.63) is 29.8 Å². The third-order valence-corrected chi connectivity index (χ3v) is 4.63. The maximum Gasteiger partial charge on any atom is 0.233 e. The number of nitrogens with one attached hydrogen (secondary N) is 1. The van der Waals surface area contributed by atoms with Gasteiger partial charge >= 0.3 is 0 Å². The van der Waals surface area contributed by atoms with Gasteiger partial charge in [-0.15, -0.1) is 0 Å². The molecule has 0 saturated carbocycles. The van der Waals surface area contributed by atoms with Gasteiger partial charge in [-0.05, 0) is 17.7 Å². The van der Waals surface area contributed by atoms with Crippen LogP contribution in [0.1, 0.15) is 5.56 Å². The van der Waals surface area contributed by atoms with Crippen molar-refractivity contribution < 1.29 is 21.9 Å². The number of anilines is 1. The van der Waals surface area contributed by atoms with Crippen LogP contribution in [0, 0.1) is 0 Å². The minimum absolute atomic E-state index is 0.124. The van der Waals surface area contributed by atoms with Crippen LogP contribution in [-0.2, 0) is 26.5 Å². The highest BCUT2D eigenvalue weighted by Crippen LogP contribution is 2.11. The summed E-state index contributed by atoms with van der Waals surface area (Å²) in [4.78, 5) is 0. The van der Waals surface area contributed by atoms with E-state index in [1.165, 1.54) is 12.1 Å². The van der Waals surface area contributed by atoms with Gasteiger partial charge in [-0.1, -0.05) is 12.1 Å². The largest absolute Gasteiger partial charge is 0.392 e. The van der Waals surface area contributed by atoms with Crippen LogP contribution in [0.15, 0.2) is 24.3 Å². The molecule has 1 aromatic rings. The Morgan fingerprint density at radius 1 is 1.06 bits per heavy atom. The Labute approximate surface area is 107 Å². The molecule has 0 unspecified atom stereocenters. The molecule has 0 aliphatic heterocycles. The van der Waals surface area contributed by atoms with Crippen molar-refractivity contribution in [3.8, 4) is 0 Å². The summed E-state index contributed by atoms with van der Waals surface area (Å²) in [7, 11) is -6.99. The first-order valence-electron chi connectivity index (χ1n) is 5.10. The van der Waals surface area contributed by atoms with Crippen molar-refractivity contribution >= 4 is 25.5 Å². The highest BCUT2D eigenvalue weighted by Gasteiger charge is 2.14. The molecule has 18 heavy (non-hydrogen) atoms. The topological polar surface area (TPSA) is 101 Å². The standard InChI is InChI=1S/C10H15NO5S2/c1-17(13,14)6-7-18(15,16)11-10-4-2-9(8-12)3-5-10/h2-5,11-12H,6-8H2,1H3. The summed E-state index contributed by atoms with van der Waals surface area (Å²) in [6.07, 6.45) is 0.985. The van der Waals surface area contributed by atoms with E-state index in [0.717, 1.165) is 6.26 Å². The number of aliphatic hydroxyl groups excluding tert-OH is 1. The van der Waals surface area contributed by atoms with Gasteiger partial charge in [-0.25, -0.2) is 16.8 Å². The van der Waals surface area contributed by atoms with E-state index in [-0.39, 0.29) is 6.61 Å². The molecular weight excluding hydrogens is 278 g/mol. The van der Waals surface area contributed by atoms with Crippen molar-refractivity contribution in [2.24, 2.45) is 0 Å². The van der Waals surface area contributed by atoms with Gasteiger partial charge in [0.25, 0.3) is 0 Å². The third kappa shape index (κ3) is 5.48. The van der Waals surface area contributed by atoms with E-state index < -0.39 is 31.4 Å². The maximum atomic E-state index is 11.6. The first kappa shape index (κ1) is 14.9. The second-order valence-corrected chi connectivity index (χ2v) is 8.01. The molecule has 0 spiro atoms. The molecule has 102 valence electrons. The summed E-state index contributed by atoms with van der Waals surface area (Å²) >= 11 is 0. The molecule has 6 nitrogen and oxygen atoms in total. The zero-order chi connectivity index (χ0) is 13.8. The second kappa shape index (κ2) is 5.68. The Kier molecular flexibility index (Phi) is 4.71. The molecule has 0 bridgehead atoms. The van der Waals surface area contributed by atoms with Crippen LogP contribution >= 0.6 is 0 Å². The van der Waals surface area contributed by atoms with Crippen molar-refractivity contribution in [1.82, 2.24) is 0 Å². The predicted octanol–water partition coefficient (Wildman–Crippen LogP) is -0.0348. The lowest BCUT2D eigenvalue weighted by Crippen LogP contribution is -2.22. The van der Waals surface area contributed by atoms with Gasteiger partial charge in [0.1, 0.15) is 9.84 Å². The number of sulfonamides is 1. The number of sulfone groups is 1. The van der Waals surface area contributed by atoms with E-state index in [4.69, 9.17) is 5.11 Å². The molecule has 0 heterocycles. The van der Waals surface area contributed by atoms with E-state index in [0.29, 0.717) is 11.3 Å². The third-order valence-electron chi connectivity index (χ3n) is 2.13. The number of rotatable bonds is 6. The lowest BCUT2D eigenvalue weighted by atomic mass is 10.2. The lowest BCUT2D eigenvalue weighted by Gasteiger charge is -2.07. The van der Waals surface area contributed by atoms with E-state index in [1.54, 1.807) is 12.1 Å². The van der Waals surface area contributed by atoms with Crippen LogP contribution in [-0.4, -0.2) is 39.7 Å². The fourth-order valence-corrected chi connectivity index (χ4v) is 3.86. The first-order chi connectivity index (χ1) is 8.22. The molecule has 0 aliphatic rings. The van der Waals surface area contributed by atoms with Gasteiger partial charge in [-0.2, -0.15) is 0 Å². The van der Waals surface area contributed by atoms with E-state index in [1.807, 2.05) is 0 Å². The van der Waals surface area contributed by atoms with Crippen molar-refractivity contribution in [2.75, 3.05) is 22.5 Å². The SMILES string of the molecule is CS(=O)(=O)CCS(=O)(=O)Nc1ccc(CO)cc1. The predicted molar refractivity (Wildman–Crippen MR) is 69.5 cm³/mol. The van der Waals surface area contributed by atoms with Gasteiger partial charge in [0.05, 0.1) is 18.1 Å². The van der Waals surface area contributed by atoms with E-state index >= 15 is 0 Å². The van der Waals surface area contributed by atoms with Crippen molar-refractivity contribution in [1.29, 1.82) is 0 Å². The van der Waals surface area contributed by atoms with Crippen LogP contribution in [0.5, 0.6) is 0 Å². The Hall–Kier alpha value is -1.12. The van der Waals surface area contributed by atoms with Gasteiger partial charge in [-0.3, -0.25) is 4.72 Å². The average molecular weight is 293 g/mol. The zero-order valence-electron chi connectivity index (χ0n) is 9.83. The molecular formula is C10H15NO5S2. The number of benzene rings is 1. The summed E-state index contributed by atoms with van der Waals surface area (Å²) in [5, 5.41) is 8.83. The quantitative estimate of drug-likeness (QED) is 0.767. The molecule has 2 N–H and O–H groups in total. The minimum Gasteiger partial charge on any atom is -0.392 e. The highest BCUT2D eigenvalue weighted by molar-refractivity contribution is 7.95. The normalized spacial score (nSPS) is 12.3. The van der Waals surface area contributed by atoms with Crippen LogP contribution in [0.4, 0.5) is 5.69 Å². The molecule has 0 fully saturated rings. The Balaban J connectivity index is 2.70. The lowest BCUT2D eigenvalue weighted by molar-refractivity contribution is 0.282. The molecule has 0 amide bonds. The second-order valence-electron chi connectivity index (χ2n) is 3.91. The fourth-order valence-electron chi connectivity index (χ4n) is 1.17. The number of aliphatic hydroxyl groups is 1. The molecule has 8 heteroatoms. The zero-order valence-corrected chi connectivity index (χ0v) is 11.5. The van der Waals surface area contributed by atoms with Crippen molar-refractivity contribution in [3.63, 3.8) is 0 Å². The van der Waals surface area contributed by atoms with Crippen molar-refractivity contribution in [2.45, 2.75) is 6.61 Å². The smallest absolute Gasteiger partial charge is 0.233 e. The van der Waals surface area contributed by atoms with Gasteiger partial charge in [0, 0.05) is 11.9 Å². The van der Waals surface area contributed by atoms with Crippen LogP contribution in [0.3, 0.4) is 0 Å². The molecule has 1 rings (SSSR count). The molecule has 0 aliphatic carbocycles. The summed E-state index contributed by atoms with van der Waals surface area (Å²) in [6.45, 7) is -0.124. The fraction of sp³-hybridized carbons (Fsp3) is 0.400. The Bertz CT molecular complexity index is 590. The van der Waals surface area contributed by atoms with E-state index in [2.05, 4.69) is 4.72 Å². The van der Waals surface area contributed by atoms with Crippen LogP contribution in [0.2, 0.25) is 0 Å². The average Bonchev–Trinajstić information content (AvgIpc) is 2.26. The van der Waals surface area contributed by atoms with Gasteiger partial charge in [0.2, 0.25) is 10.0 Å². The van der Waals surface area contributed by atoms with Gasteiger partial charge < -0.3 is 5.11 Å². The van der Waals surface area contributed by atoms with E-state index in [9.17, 15) is 16.8 Å². The molecule has 0 radical (unpaired) electrons. The Morgan fingerprint density at radius 3 is 2.06 bits per heavy atom. The summed E-state index contributed by atoms with van der Waals surface area (Å²) in [5.41, 5.74) is 0.995. The minimum atomic E-state index is -3.68. The highest BCUT2D eigenvalue weighted by atomic mass is 32.2. The summed E-state index contributed by atoms with van der Waals surface area (Å²) < 4.78 is 47.2. The molecule has 1 aromatic carbocycles. The van der Waals surface area contributed by atoms with Crippen LogP contribution < -0.4 is 4.72 Å². The first-order valence-corrected chi connectivity index (χ1v) is 8.81. The maximum absolute atomic E-state index is 11.6. The molecule has 0 saturated heterocycles. The van der Waals surface area contributed by atoms with Crippen LogP contribution in [0.25, 0.3) is 0 Å². The molecule has 0 atom stereocenters. The summed E-state index contributed by atoms with van der Waals surface area (Å²) in [6, 6.07) is 6.16. The van der Waals surface area contributed by atoms with Gasteiger partial charge in [0.15, 0.2) is 0 Å². The monoisotopic (exact) mass is 293 g/mol. The molecule has 0 aromatic heterocycles. The number of hydrogen-bond acceptors (Lipinski definition) is 5.